The number of benzene rings is 1. The van der Waals surface area contributed by atoms with Crippen molar-refractivity contribution in [2.45, 2.75) is 25.2 Å². The molecule has 1 aromatic rings. The lowest BCUT2D eigenvalue weighted by Crippen LogP contribution is -2.24. The third-order valence-electron chi connectivity index (χ3n) is 5.11. The van der Waals surface area contributed by atoms with Crippen LogP contribution in [0.5, 0.6) is 5.75 Å². The first-order valence-electron chi connectivity index (χ1n) is 8.19. The number of ether oxygens (including phenoxy) is 1. The molecule has 5 heteroatoms. The first-order chi connectivity index (χ1) is 11.5. The summed E-state index contributed by atoms with van der Waals surface area (Å²) in [5, 5.41) is 10.6. The van der Waals surface area contributed by atoms with Gasteiger partial charge in [0.2, 0.25) is 0 Å². The van der Waals surface area contributed by atoms with Crippen molar-refractivity contribution in [3.8, 4) is 5.75 Å². The summed E-state index contributed by atoms with van der Waals surface area (Å²) in [5.41, 5.74) is 4.99. The molecule has 0 spiro atoms. The van der Waals surface area contributed by atoms with Crippen LogP contribution in [-0.4, -0.2) is 30.1 Å². The Labute approximate surface area is 155 Å². The molecular weight excluding hydrogens is 390 g/mol. The van der Waals surface area contributed by atoms with Gasteiger partial charge in [0.15, 0.2) is 0 Å². The number of phenols is 1. The van der Waals surface area contributed by atoms with Crippen LogP contribution < -0.4 is 0 Å². The molecule has 0 amide bonds. The van der Waals surface area contributed by atoms with Crippen LogP contribution in [0.2, 0.25) is 5.02 Å². The summed E-state index contributed by atoms with van der Waals surface area (Å²) in [6.07, 6.45) is 6.84. The van der Waals surface area contributed by atoms with Gasteiger partial charge in [-0.2, -0.15) is 0 Å². The first-order valence-corrected chi connectivity index (χ1v) is 9.36. The van der Waals surface area contributed by atoms with E-state index in [0.717, 1.165) is 42.6 Å². The maximum atomic E-state index is 10.1. The molecular formula is C19H19BrClNO2. The number of likely N-dealkylation sites (N-methyl/N-ethyl adjacent to an activating group) is 1. The molecule has 0 fully saturated rings. The predicted molar refractivity (Wildman–Crippen MR) is 99.5 cm³/mol. The first kappa shape index (κ1) is 16.2. The Hall–Kier alpha value is -1.23. The average molecular weight is 409 g/mol. The molecule has 0 bridgehead atoms. The van der Waals surface area contributed by atoms with Crippen molar-refractivity contribution in [3.63, 3.8) is 0 Å². The SMILES string of the molecule is CN1CCc2cc(Cl)c(O)cc2C(C2=C3OC=C(Br)C=C3CC2)C1. The Morgan fingerprint density at radius 3 is 2.96 bits per heavy atom. The van der Waals surface area contributed by atoms with E-state index in [9.17, 15) is 5.11 Å². The third-order valence-corrected chi connectivity index (χ3v) is 5.83. The molecule has 4 rings (SSSR count). The fourth-order valence-electron chi connectivity index (χ4n) is 3.91. The van der Waals surface area contributed by atoms with Crippen molar-refractivity contribution in [1.29, 1.82) is 0 Å². The van der Waals surface area contributed by atoms with Gasteiger partial charge < -0.3 is 14.7 Å². The molecule has 0 radical (unpaired) electrons. The van der Waals surface area contributed by atoms with E-state index in [1.807, 2.05) is 12.1 Å². The summed E-state index contributed by atoms with van der Waals surface area (Å²) in [5.74, 6) is 1.40. The van der Waals surface area contributed by atoms with Gasteiger partial charge >= 0.3 is 0 Å². The number of hydrogen-bond donors (Lipinski definition) is 1. The molecule has 2 heterocycles. The lowest BCUT2D eigenvalue weighted by molar-refractivity contribution is 0.323. The molecule has 3 aliphatic rings. The highest BCUT2D eigenvalue weighted by atomic mass is 79.9. The molecule has 24 heavy (non-hydrogen) atoms. The topological polar surface area (TPSA) is 32.7 Å². The number of halogens is 2. The smallest absolute Gasteiger partial charge is 0.134 e. The second-order valence-electron chi connectivity index (χ2n) is 6.71. The molecule has 3 nitrogen and oxygen atoms in total. The molecule has 1 atom stereocenters. The summed E-state index contributed by atoms with van der Waals surface area (Å²) in [7, 11) is 2.15. The number of nitrogens with zero attached hydrogens (tertiary/aromatic N) is 1. The van der Waals surface area contributed by atoms with Crippen LogP contribution >= 0.6 is 27.5 Å². The van der Waals surface area contributed by atoms with Crippen molar-refractivity contribution in [1.82, 2.24) is 4.90 Å². The fraction of sp³-hybridized carbons (Fsp3) is 0.368. The zero-order valence-electron chi connectivity index (χ0n) is 13.5. The van der Waals surface area contributed by atoms with Gasteiger partial charge in [-0.25, -0.2) is 0 Å². The van der Waals surface area contributed by atoms with Gasteiger partial charge in [-0.05, 0) is 82.7 Å². The fourth-order valence-corrected chi connectivity index (χ4v) is 4.47. The quantitative estimate of drug-likeness (QED) is 0.720. The summed E-state index contributed by atoms with van der Waals surface area (Å²) >= 11 is 9.63. The van der Waals surface area contributed by atoms with Crippen LogP contribution in [0.25, 0.3) is 0 Å². The molecule has 1 aromatic carbocycles. The van der Waals surface area contributed by atoms with Gasteiger partial charge in [-0.15, -0.1) is 0 Å². The lowest BCUT2D eigenvalue weighted by atomic mass is 9.86. The molecule has 1 aliphatic carbocycles. The van der Waals surface area contributed by atoms with Crippen molar-refractivity contribution < 1.29 is 9.84 Å². The zero-order valence-corrected chi connectivity index (χ0v) is 15.8. The molecule has 1 N–H and O–H groups in total. The highest BCUT2D eigenvalue weighted by Gasteiger charge is 2.33. The molecule has 2 aliphatic heterocycles. The third kappa shape index (κ3) is 2.81. The number of fused-ring (bicyclic) bond motifs is 2. The van der Waals surface area contributed by atoms with Crippen LogP contribution in [0, 0.1) is 0 Å². The molecule has 0 saturated heterocycles. The van der Waals surface area contributed by atoms with E-state index in [1.165, 1.54) is 22.3 Å². The van der Waals surface area contributed by atoms with Gasteiger partial charge in [0.05, 0.1) is 9.51 Å². The Kier molecular flexibility index (Phi) is 4.23. The lowest BCUT2D eigenvalue weighted by Gasteiger charge is -2.24. The van der Waals surface area contributed by atoms with Crippen LogP contribution in [0.4, 0.5) is 0 Å². The standard InChI is InChI=1S/C19H19BrClNO2/c1-22-5-4-11-7-17(21)18(23)8-15(11)16(9-22)14-3-2-12-6-13(20)10-24-19(12)14/h6-8,10,16,23H,2-5,9H2,1H3. The molecule has 1 unspecified atom stereocenters. The maximum Gasteiger partial charge on any atom is 0.134 e. The minimum Gasteiger partial charge on any atom is -0.506 e. The van der Waals surface area contributed by atoms with E-state index in [-0.39, 0.29) is 11.7 Å². The largest absolute Gasteiger partial charge is 0.506 e. The van der Waals surface area contributed by atoms with Crippen molar-refractivity contribution in [2.75, 3.05) is 20.1 Å². The van der Waals surface area contributed by atoms with Gasteiger partial charge in [0, 0.05) is 19.0 Å². The minimum absolute atomic E-state index is 0.163. The van der Waals surface area contributed by atoms with E-state index in [2.05, 4.69) is 34.0 Å². The minimum atomic E-state index is 0.163. The Bertz CT molecular complexity index is 797. The molecule has 126 valence electrons. The monoisotopic (exact) mass is 407 g/mol. The van der Waals surface area contributed by atoms with Crippen LogP contribution in [-0.2, 0) is 11.2 Å². The highest BCUT2D eigenvalue weighted by Crippen LogP contribution is 2.46. The normalized spacial score (nSPS) is 23.9. The van der Waals surface area contributed by atoms with Crippen LogP contribution in [0.15, 0.2) is 45.9 Å². The number of hydrogen-bond acceptors (Lipinski definition) is 3. The average Bonchev–Trinajstić information content (AvgIpc) is 2.89. The van der Waals surface area contributed by atoms with Gasteiger partial charge in [0.25, 0.3) is 0 Å². The summed E-state index contributed by atoms with van der Waals surface area (Å²) in [4.78, 5) is 2.35. The zero-order chi connectivity index (χ0) is 16.8. The Morgan fingerprint density at radius 1 is 1.29 bits per heavy atom. The number of aromatic hydroxyl groups is 1. The van der Waals surface area contributed by atoms with Crippen molar-refractivity contribution in [2.24, 2.45) is 0 Å². The van der Waals surface area contributed by atoms with Crippen LogP contribution in [0.3, 0.4) is 0 Å². The van der Waals surface area contributed by atoms with E-state index in [0.29, 0.717) is 5.02 Å². The van der Waals surface area contributed by atoms with Crippen molar-refractivity contribution in [3.05, 3.63) is 62.0 Å². The van der Waals surface area contributed by atoms with E-state index in [4.69, 9.17) is 16.3 Å². The number of phenolic OH excluding ortho intramolecular Hbond substituents is 1. The highest BCUT2D eigenvalue weighted by molar-refractivity contribution is 9.11. The number of allylic oxidation sites excluding steroid dienone is 3. The van der Waals surface area contributed by atoms with Gasteiger partial charge in [0.1, 0.15) is 17.8 Å². The van der Waals surface area contributed by atoms with E-state index >= 15 is 0 Å². The van der Waals surface area contributed by atoms with E-state index in [1.54, 1.807) is 6.26 Å². The predicted octanol–water partition coefficient (Wildman–Crippen LogP) is 4.86. The summed E-state index contributed by atoms with van der Waals surface area (Å²) < 4.78 is 6.90. The second kappa shape index (κ2) is 6.25. The Morgan fingerprint density at radius 2 is 2.12 bits per heavy atom. The number of rotatable bonds is 1. The van der Waals surface area contributed by atoms with Crippen molar-refractivity contribution >= 4 is 27.5 Å². The maximum absolute atomic E-state index is 10.1. The van der Waals surface area contributed by atoms with Crippen LogP contribution in [0.1, 0.15) is 29.9 Å². The second-order valence-corrected chi connectivity index (χ2v) is 8.03. The molecule has 0 saturated carbocycles. The Balaban J connectivity index is 1.82. The summed E-state index contributed by atoms with van der Waals surface area (Å²) in [6, 6.07) is 3.78. The van der Waals surface area contributed by atoms with Gasteiger partial charge in [-0.1, -0.05) is 11.6 Å². The van der Waals surface area contributed by atoms with Gasteiger partial charge in [-0.3, -0.25) is 0 Å². The van der Waals surface area contributed by atoms with E-state index < -0.39 is 0 Å². The summed E-state index contributed by atoms with van der Waals surface area (Å²) in [6.45, 7) is 1.91. The molecule has 0 aromatic heterocycles.